The number of nitro groups is 1. The molecule has 1 heterocycles. The topological polar surface area (TPSA) is 112 Å². The molecule has 102 valence electrons. The Labute approximate surface area is 104 Å². The van der Waals surface area contributed by atoms with Crippen LogP contribution in [0.5, 0.6) is 0 Å². The summed E-state index contributed by atoms with van der Waals surface area (Å²) >= 11 is 0. The molecule has 0 aliphatic heterocycles. The molecule has 10 heteroatoms. The van der Waals surface area contributed by atoms with Gasteiger partial charge in [-0.3, -0.25) is 10.1 Å². The summed E-state index contributed by atoms with van der Waals surface area (Å²) in [5.74, 6) is -0.452. The van der Waals surface area contributed by atoms with Crippen LogP contribution in [-0.4, -0.2) is 33.8 Å². The van der Waals surface area contributed by atoms with Crippen LogP contribution in [0.15, 0.2) is 12.3 Å². The summed E-state index contributed by atoms with van der Waals surface area (Å²) in [5, 5.41) is 30.0. The first-order chi connectivity index (χ1) is 8.75. The number of pyridine rings is 1. The lowest BCUT2D eigenvalue weighted by molar-refractivity contribution is -0.384. The first-order valence-corrected chi connectivity index (χ1v) is 4.79. The minimum atomic E-state index is -4.84. The maximum Gasteiger partial charge on any atom is 0.416 e. The Balaban J connectivity index is 2.90. The largest absolute Gasteiger partial charge is 0.416 e. The number of aliphatic hydroxyl groups excluding tert-OH is 1. The van der Waals surface area contributed by atoms with E-state index in [1.54, 1.807) is 6.07 Å². The summed E-state index contributed by atoms with van der Waals surface area (Å²) in [4.78, 5) is 13.2. The molecule has 0 radical (unpaired) electrons. The molecule has 19 heavy (non-hydrogen) atoms. The maximum atomic E-state index is 12.0. The molecule has 0 fully saturated rings. The molecule has 2 N–H and O–H groups in total. The van der Waals surface area contributed by atoms with E-state index in [1.165, 1.54) is 0 Å². The standard InChI is InChI=1S/C9H7F3N4O3/c10-9(11,12)7(17)4-15-8-6(16(18)19)1-5(2-13)3-14-8/h1,3,7,17H,4H2,(H,14,15). The van der Waals surface area contributed by atoms with Crippen molar-refractivity contribution in [3.05, 3.63) is 27.9 Å². The normalized spacial score (nSPS) is 12.6. The molecule has 1 aromatic heterocycles. The Morgan fingerprint density at radius 1 is 1.63 bits per heavy atom. The minimum absolute atomic E-state index is 0.103. The zero-order valence-electron chi connectivity index (χ0n) is 9.18. The van der Waals surface area contributed by atoms with Crippen LogP contribution in [0.1, 0.15) is 5.56 Å². The Bertz CT molecular complexity index is 526. The zero-order chi connectivity index (χ0) is 14.6. The van der Waals surface area contributed by atoms with Crippen molar-refractivity contribution in [1.82, 2.24) is 4.98 Å². The fraction of sp³-hybridized carbons (Fsp3) is 0.333. The first kappa shape index (κ1) is 14.7. The number of aliphatic hydroxyl groups is 1. The highest BCUT2D eigenvalue weighted by atomic mass is 19.4. The Hall–Kier alpha value is -2.41. The summed E-state index contributed by atoms with van der Waals surface area (Å²) in [5.41, 5.74) is -0.748. The molecular weight excluding hydrogens is 269 g/mol. The number of hydrogen-bond donors (Lipinski definition) is 2. The molecule has 0 saturated carbocycles. The molecule has 0 bridgehead atoms. The van der Waals surface area contributed by atoms with E-state index in [0.717, 1.165) is 12.3 Å². The van der Waals surface area contributed by atoms with Crippen molar-refractivity contribution in [3.8, 4) is 6.07 Å². The van der Waals surface area contributed by atoms with Gasteiger partial charge in [0, 0.05) is 12.3 Å². The molecule has 1 unspecified atom stereocenters. The van der Waals surface area contributed by atoms with E-state index in [2.05, 4.69) is 4.98 Å². The molecule has 0 aliphatic rings. The van der Waals surface area contributed by atoms with Crippen molar-refractivity contribution in [2.75, 3.05) is 11.9 Å². The van der Waals surface area contributed by atoms with Crippen LogP contribution in [0.4, 0.5) is 24.7 Å². The second-order valence-electron chi connectivity index (χ2n) is 3.40. The molecule has 0 saturated heterocycles. The van der Waals surface area contributed by atoms with Crippen molar-refractivity contribution in [2.24, 2.45) is 0 Å². The number of nitrogens with zero attached hydrogens (tertiary/aromatic N) is 3. The summed E-state index contributed by atoms with van der Waals surface area (Å²) in [6, 6.07) is 2.48. The smallest absolute Gasteiger partial charge is 0.382 e. The molecule has 0 aliphatic carbocycles. The third-order valence-corrected chi connectivity index (χ3v) is 2.03. The second-order valence-corrected chi connectivity index (χ2v) is 3.40. The quantitative estimate of drug-likeness (QED) is 0.631. The number of rotatable bonds is 4. The molecule has 0 aromatic carbocycles. The highest BCUT2D eigenvalue weighted by molar-refractivity contribution is 5.58. The fourth-order valence-electron chi connectivity index (χ4n) is 1.10. The van der Waals surface area contributed by atoms with E-state index in [9.17, 15) is 23.3 Å². The van der Waals surface area contributed by atoms with Gasteiger partial charge in [-0.25, -0.2) is 4.98 Å². The summed E-state index contributed by atoms with van der Waals surface area (Å²) in [6.07, 6.45) is -6.55. The summed E-state index contributed by atoms with van der Waals surface area (Å²) in [7, 11) is 0. The van der Waals surface area contributed by atoms with Gasteiger partial charge >= 0.3 is 11.9 Å². The average Bonchev–Trinajstić information content (AvgIpc) is 2.34. The first-order valence-electron chi connectivity index (χ1n) is 4.79. The van der Waals surface area contributed by atoms with E-state index in [4.69, 9.17) is 10.4 Å². The van der Waals surface area contributed by atoms with Gasteiger partial charge in [0.05, 0.1) is 17.0 Å². The van der Waals surface area contributed by atoms with E-state index in [-0.39, 0.29) is 5.56 Å². The lowest BCUT2D eigenvalue weighted by Crippen LogP contribution is -2.35. The highest BCUT2D eigenvalue weighted by Gasteiger charge is 2.38. The monoisotopic (exact) mass is 276 g/mol. The second kappa shape index (κ2) is 5.49. The molecule has 1 atom stereocenters. The average molecular weight is 276 g/mol. The summed E-state index contributed by atoms with van der Waals surface area (Å²) < 4.78 is 36.1. The van der Waals surface area contributed by atoms with Gasteiger partial charge in [0.2, 0.25) is 5.82 Å². The van der Waals surface area contributed by atoms with Crippen LogP contribution in [0.2, 0.25) is 0 Å². The SMILES string of the molecule is N#Cc1cnc(NCC(O)C(F)(F)F)c([N+](=O)[O-])c1. The van der Waals surface area contributed by atoms with Gasteiger partial charge < -0.3 is 10.4 Å². The van der Waals surface area contributed by atoms with Gasteiger partial charge in [0.25, 0.3) is 0 Å². The Kier molecular flexibility index (Phi) is 4.23. The molecular formula is C9H7F3N4O3. The van der Waals surface area contributed by atoms with Gasteiger partial charge in [-0.2, -0.15) is 18.4 Å². The molecule has 1 rings (SSSR count). The Morgan fingerprint density at radius 3 is 2.74 bits per heavy atom. The molecule has 1 aromatic rings. The number of aromatic nitrogens is 1. The number of nitriles is 1. The highest BCUT2D eigenvalue weighted by Crippen LogP contribution is 2.24. The maximum absolute atomic E-state index is 12.0. The third-order valence-electron chi connectivity index (χ3n) is 2.03. The van der Waals surface area contributed by atoms with Crippen molar-refractivity contribution in [2.45, 2.75) is 12.3 Å². The van der Waals surface area contributed by atoms with Gasteiger partial charge in [-0.1, -0.05) is 0 Å². The predicted octanol–water partition coefficient (Wildman–Crippen LogP) is 1.20. The number of nitrogens with one attached hydrogen (secondary N) is 1. The lowest BCUT2D eigenvalue weighted by atomic mass is 10.2. The number of anilines is 1. The van der Waals surface area contributed by atoms with Crippen LogP contribution < -0.4 is 5.32 Å². The summed E-state index contributed by atoms with van der Waals surface area (Å²) in [6.45, 7) is -0.983. The predicted molar refractivity (Wildman–Crippen MR) is 56.2 cm³/mol. The van der Waals surface area contributed by atoms with Gasteiger partial charge in [-0.15, -0.1) is 0 Å². The molecule has 7 nitrogen and oxygen atoms in total. The lowest BCUT2D eigenvalue weighted by Gasteiger charge is -2.15. The number of alkyl halides is 3. The van der Waals surface area contributed by atoms with Crippen LogP contribution in [-0.2, 0) is 0 Å². The zero-order valence-corrected chi connectivity index (χ0v) is 9.18. The van der Waals surface area contributed by atoms with Crippen molar-refractivity contribution >= 4 is 11.5 Å². The Morgan fingerprint density at radius 2 is 2.26 bits per heavy atom. The van der Waals surface area contributed by atoms with E-state index < -0.39 is 35.3 Å². The molecule has 0 spiro atoms. The van der Waals surface area contributed by atoms with Crippen LogP contribution in [0, 0.1) is 21.4 Å². The van der Waals surface area contributed by atoms with Crippen LogP contribution >= 0.6 is 0 Å². The van der Waals surface area contributed by atoms with E-state index >= 15 is 0 Å². The minimum Gasteiger partial charge on any atom is -0.382 e. The fourth-order valence-corrected chi connectivity index (χ4v) is 1.10. The van der Waals surface area contributed by atoms with E-state index in [0.29, 0.717) is 0 Å². The van der Waals surface area contributed by atoms with Crippen LogP contribution in [0.25, 0.3) is 0 Å². The van der Waals surface area contributed by atoms with Gasteiger partial charge in [0.15, 0.2) is 6.10 Å². The molecule has 0 amide bonds. The van der Waals surface area contributed by atoms with E-state index in [1.807, 2.05) is 5.32 Å². The number of hydrogen-bond acceptors (Lipinski definition) is 6. The van der Waals surface area contributed by atoms with Crippen LogP contribution in [0.3, 0.4) is 0 Å². The van der Waals surface area contributed by atoms with Crippen molar-refractivity contribution in [1.29, 1.82) is 5.26 Å². The number of halogens is 3. The third kappa shape index (κ3) is 3.78. The van der Waals surface area contributed by atoms with Crippen molar-refractivity contribution < 1.29 is 23.2 Å². The van der Waals surface area contributed by atoms with Crippen molar-refractivity contribution in [3.63, 3.8) is 0 Å². The van der Waals surface area contributed by atoms with Gasteiger partial charge in [-0.05, 0) is 0 Å². The van der Waals surface area contributed by atoms with Gasteiger partial charge in [0.1, 0.15) is 6.07 Å².